The summed E-state index contributed by atoms with van der Waals surface area (Å²) in [4.78, 5) is 11.2. The molecule has 0 spiro atoms. The van der Waals surface area contributed by atoms with Gasteiger partial charge in [0, 0.05) is 13.3 Å². The van der Waals surface area contributed by atoms with Gasteiger partial charge in [0.15, 0.2) is 0 Å². The molecule has 1 aliphatic heterocycles. The lowest BCUT2D eigenvalue weighted by molar-refractivity contribution is -0.120. The number of allylic oxidation sites excluding steroid dienone is 5. The molecule has 4 heteroatoms. The van der Waals surface area contributed by atoms with Crippen LogP contribution in [0.15, 0.2) is 47.3 Å². The number of carbonyl (C=O) groups excluding carboxylic acids is 1. The van der Waals surface area contributed by atoms with Gasteiger partial charge in [-0.2, -0.15) is 0 Å². The van der Waals surface area contributed by atoms with E-state index in [1.54, 1.807) is 6.92 Å². The number of hydrogen-bond donors (Lipinski definition) is 2. The molecule has 0 saturated carbocycles. The Morgan fingerprint density at radius 2 is 2.25 bits per heavy atom. The molecular weight excluding hydrogens is 302 g/mol. The molecule has 4 nitrogen and oxygen atoms in total. The predicted molar refractivity (Wildman–Crippen MR) is 94.1 cm³/mol. The lowest BCUT2D eigenvalue weighted by atomic mass is 9.88. The van der Waals surface area contributed by atoms with Gasteiger partial charge in [0.1, 0.15) is 11.9 Å². The summed E-state index contributed by atoms with van der Waals surface area (Å²) in [6, 6.07) is 0.0253. The normalized spacial score (nSPS) is 29.8. The highest BCUT2D eigenvalue weighted by Gasteiger charge is 2.32. The first-order valence-corrected chi connectivity index (χ1v) is 8.91. The fourth-order valence-corrected chi connectivity index (χ4v) is 3.59. The Labute approximate surface area is 144 Å². The number of ether oxygens (including phenoxy) is 1. The number of aliphatic hydroxyl groups excluding tert-OH is 1. The molecule has 0 aromatic rings. The van der Waals surface area contributed by atoms with E-state index in [2.05, 4.69) is 23.5 Å². The predicted octanol–water partition coefficient (Wildman–Crippen LogP) is 3.16. The van der Waals surface area contributed by atoms with E-state index in [0.717, 1.165) is 37.9 Å². The van der Waals surface area contributed by atoms with Gasteiger partial charge in [0.05, 0.1) is 12.1 Å². The Morgan fingerprint density at radius 1 is 1.42 bits per heavy atom. The number of nitrogens with one attached hydrogen (secondary N) is 1. The number of aliphatic hydroxyl groups is 1. The van der Waals surface area contributed by atoms with E-state index in [1.165, 1.54) is 11.1 Å². The van der Waals surface area contributed by atoms with Crippen LogP contribution < -0.4 is 5.32 Å². The Kier molecular flexibility index (Phi) is 5.24. The smallest absolute Gasteiger partial charge is 0.217 e. The number of carbonyl (C=O) groups is 1. The third-order valence-electron chi connectivity index (χ3n) is 5.02. The molecule has 1 unspecified atom stereocenters. The molecule has 0 aromatic carbocycles. The fraction of sp³-hybridized carbons (Fsp3) is 0.550. The molecule has 0 bridgehead atoms. The van der Waals surface area contributed by atoms with Crippen molar-refractivity contribution in [1.82, 2.24) is 5.32 Å². The van der Waals surface area contributed by atoms with E-state index in [4.69, 9.17) is 4.74 Å². The van der Waals surface area contributed by atoms with Gasteiger partial charge in [-0.05, 0) is 50.2 Å². The van der Waals surface area contributed by atoms with Gasteiger partial charge in [-0.3, -0.25) is 4.79 Å². The summed E-state index contributed by atoms with van der Waals surface area (Å²) in [5.74, 6) is 1.50. The third kappa shape index (κ3) is 4.18. The van der Waals surface area contributed by atoms with Gasteiger partial charge in [-0.15, -0.1) is 0 Å². The van der Waals surface area contributed by atoms with Gasteiger partial charge in [0.25, 0.3) is 0 Å². The molecule has 0 aromatic heterocycles. The molecule has 24 heavy (non-hydrogen) atoms. The van der Waals surface area contributed by atoms with Crippen molar-refractivity contribution in [2.75, 3.05) is 0 Å². The van der Waals surface area contributed by atoms with Crippen molar-refractivity contribution in [3.8, 4) is 0 Å². The van der Waals surface area contributed by atoms with Crippen LogP contribution in [0.25, 0.3) is 0 Å². The van der Waals surface area contributed by atoms with Crippen LogP contribution in [0.1, 0.15) is 46.0 Å². The molecular formula is C20H27NO3. The summed E-state index contributed by atoms with van der Waals surface area (Å²) in [5.41, 5.74) is 2.60. The van der Waals surface area contributed by atoms with E-state index < -0.39 is 0 Å². The van der Waals surface area contributed by atoms with Crippen LogP contribution >= 0.6 is 0 Å². The maximum atomic E-state index is 11.2. The Hall–Kier alpha value is -1.81. The zero-order valence-corrected chi connectivity index (χ0v) is 14.5. The van der Waals surface area contributed by atoms with Crippen LogP contribution in [0.2, 0.25) is 0 Å². The second-order valence-electron chi connectivity index (χ2n) is 7.09. The molecule has 1 fully saturated rings. The first-order valence-electron chi connectivity index (χ1n) is 8.91. The molecule has 2 aliphatic carbocycles. The molecule has 1 amide bonds. The first-order chi connectivity index (χ1) is 11.5. The Bertz CT molecular complexity index is 614. The largest absolute Gasteiger partial charge is 0.488 e. The summed E-state index contributed by atoms with van der Waals surface area (Å²) in [6.45, 7) is 3.54. The topological polar surface area (TPSA) is 58.6 Å². The molecule has 2 N–H and O–H groups in total. The Balaban J connectivity index is 1.53. The molecule has 1 heterocycles. The van der Waals surface area contributed by atoms with Gasteiger partial charge >= 0.3 is 0 Å². The monoisotopic (exact) mass is 329 g/mol. The maximum Gasteiger partial charge on any atom is 0.217 e. The SMILES string of the molecule is CC(=O)N[C@@H](C)[C@H]1CC2=CC[C@H](CCC3=CCC(O)C=C3)C=C2O1. The molecule has 0 radical (unpaired) electrons. The van der Waals surface area contributed by atoms with Crippen LogP contribution in [-0.2, 0) is 9.53 Å². The summed E-state index contributed by atoms with van der Waals surface area (Å²) in [6.07, 6.45) is 15.1. The average molecular weight is 329 g/mol. The second-order valence-corrected chi connectivity index (χ2v) is 7.09. The van der Waals surface area contributed by atoms with Crippen LogP contribution in [0.3, 0.4) is 0 Å². The van der Waals surface area contributed by atoms with E-state index in [-0.39, 0.29) is 24.2 Å². The number of rotatable bonds is 5. The van der Waals surface area contributed by atoms with E-state index in [9.17, 15) is 9.90 Å². The van der Waals surface area contributed by atoms with Crippen LogP contribution in [0, 0.1) is 5.92 Å². The molecule has 130 valence electrons. The number of fused-ring (bicyclic) bond motifs is 1. The zero-order chi connectivity index (χ0) is 17.1. The third-order valence-corrected chi connectivity index (χ3v) is 5.02. The molecule has 3 aliphatic rings. The highest BCUT2D eigenvalue weighted by molar-refractivity contribution is 5.73. The summed E-state index contributed by atoms with van der Waals surface area (Å²) >= 11 is 0. The van der Waals surface area contributed by atoms with Gasteiger partial charge in [-0.1, -0.05) is 29.9 Å². The van der Waals surface area contributed by atoms with Crippen LogP contribution in [0.4, 0.5) is 0 Å². The second kappa shape index (κ2) is 7.39. The summed E-state index contributed by atoms with van der Waals surface area (Å²) < 4.78 is 6.08. The van der Waals surface area contributed by atoms with Crippen molar-refractivity contribution in [3.05, 3.63) is 47.3 Å². The fourth-order valence-electron chi connectivity index (χ4n) is 3.59. The minimum atomic E-state index is -0.314. The van der Waals surface area contributed by atoms with E-state index in [0.29, 0.717) is 5.92 Å². The summed E-state index contributed by atoms with van der Waals surface area (Å²) in [5, 5.41) is 12.4. The van der Waals surface area contributed by atoms with Crippen LogP contribution in [-0.4, -0.2) is 29.3 Å². The minimum absolute atomic E-state index is 0.0132. The van der Waals surface area contributed by atoms with E-state index in [1.807, 2.05) is 19.1 Å². The minimum Gasteiger partial charge on any atom is -0.488 e. The van der Waals surface area contributed by atoms with Crippen molar-refractivity contribution in [1.29, 1.82) is 0 Å². The lowest BCUT2D eigenvalue weighted by Crippen LogP contribution is -2.39. The lowest BCUT2D eigenvalue weighted by Gasteiger charge is -2.20. The average Bonchev–Trinajstić information content (AvgIpc) is 2.97. The van der Waals surface area contributed by atoms with Crippen LogP contribution in [0.5, 0.6) is 0 Å². The number of amides is 1. The Morgan fingerprint density at radius 3 is 2.96 bits per heavy atom. The maximum absolute atomic E-state index is 11.2. The molecule has 3 rings (SSSR count). The summed E-state index contributed by atoms with van der Waals surface area (Å²) in [7, 11) is 0. The van der Waals surface area contributed by atoms with Crippen molar-refractivity contribution >= 4 is 5.91 Å². The highest BCUT2D eigenvalue weighted by Crippen LogP contribution is 2.37. The van der Waals surface area contributed by atoms with Gasteiger partial charge in [0.2, 0.25) is 5.91 Å². The highest BCUT2D eigenvalue weighted by atomic mass is 16.5. The van der Waals surface area contributed by atoms with Crippen molar-refractivity contribution in [3.63, 3.8) is 0 Å². The quantitative estimate of drug-likeness (QED) is 0.814. The van der Waals surface area contributed by atoms with Gasteiger partial charge in [-0.25, -0.2) is 0 Å². The van der Waals surface area contributed by atoms with E-state index >= 15 is 0 Å². The number of hydrogen-bond acceptors (Lipinski definition) is 3. The zero-order valence-electron chi connectivity index (χ0n) is 14.5. The molecule has 1 saturated heterocycles. The van der Waals surface area contributed by atoms with Crippen molar-refractivity contribution < 1.29 is 14.6 Å². The molecule has 4 atom stereocenters. The van der Waals surface area contributed by atoms with Crippen molar-refractivity contribution in [2.45, 2.75) is 64.2 Å². The van der Waals surface area contributed by atoms with Crippen molar-refractivity contribution in [2.24, 2.45) is 5.92 Å². The first kappa shape index (κ1) is 17.0. The standard InChI is InChI=1S/C20H27NO3/c1-13(21-14(2)22)19-12-17-8-5-16(11-20(17)24-19)4-3-15-6-9-18(23)10-7-15/h6-9,11,13,16,18-19,23H,3-5,10,12H2,1-2H3,(H,21,22)/t13-,16-,18?,19+/m0/s1. The van der Waals surface area contributed by atoms with Gasteiger partial charge < -0.3 is 15.2 Å².